The van der Waals surface area contributed by atoms with Crippen LogP contribution in [0.2, 0.25) is 0 Å². The number of aromatic amines is 1. The topological polar surface area (TPSA) is 59.4 Å². The third-order valence-electron chi connectivity index (χ3n) is 2.46. The van der Waals surface area contributed by atoms with E-state index in [9.17, 15) is 0 Å². The van der Waals surface area contributed by atoms with Crippen LogP contribution >= 0.6 is 0 Å². The molecule has 1 aromatic carbocycles. The molecule has 0 bridgehead atoms. The molecule has 0 spiro atoms. The second-order valence-corrected chi connectivity index (χ2v) is 3.80. The summed E-state index contributed by atoms with van der Waals surface area (Å²) in [5.74, 6) is 0.895. The van der Waals surface area contributed by atoms with E-state index in [2.05, 4.69) is 39.1 Å². The molecule has 0 aliphatic heterocycles. The average molecular weight is 213 g/mol. The number of nitrogens with zero attached hydrogens (tertiary/aromatic N) is 4. The minimum absolute atomic E-state index is 0.619. The highest BCUT2D eigenvalue weighted by Crippen LogP contribution is 2.13. The molecule has 0 aliphatic carbocycles. The van der Waals surface area contributed by atoms with Crippen LogP contribution in [-0.2, 0) is 6.54 Å². The highest BCUT2D eigenvalue weighted by molar-refractivity contribution is 5.75. The van der Waals surface area contributed by atoms with Gasteiger partial charge < -0.3 is 4.98 Å². The first-order valence-electron chi connectivity index (χ1n) is 5.09. The Hall–Kier alpha value is -2.17. The number of aromatic nitrogens is 5. The van der Waals surface area contributed by atoms with E-state index in [-0.39, 0.29) is 0 Å². The third kappa shape index (κ3) is 1.56. The van der Waals surface area contributed by atoms with E-state index in [0.29, 0.717) is 6.54 Å². The van der Waals surface area contributed by atoms with Gasteiger partial charge in [-0.25, -0.2) is 14.6 Å². The summed E-state index contributed by atoms with van der Waals surface area (Å²) in [6, 6.07) is 6.17. The van der Waals surface area contributed by atoms with Gasteiger partial charge in [-0.3, -0.25) is 0 Å². The van der Waals surface area contributed by atoms with Crippen molar-refractivity contribution in [2.45, 2.75) is 13.5 Å². The van der Waals surface area contributed by atoms with Crippen LogP contribution in [0.1, 0.15) is 11.4 Å². The van der Waals surface area contributed by atoms with Crippen molar-refractivity contribution in [2.75, 3.05) is 0 Å². The zero-order chi connectivity index (χ0) is 11.0. The molecule has 0 saturated carbocycles. The smallest absolute Gasteiger partial charge is 0.137 e. The summed E-state index contributed by atoms with van der Waals surface area (Å²) in [5.41, 5.74) is 3.28. The molecule has 16 heavy (non-hydrogen) atoms. The molecule has 0 saturated heterocycles. The van der Waals surface area contributed by atoms with Gasteiger partial charge >= 0.3 is 0 Å². The number of benzene rings is 1. The minimum Gasteiger partial charge on any atom is -0.340 e. The molecule has 3 rings (SSSR count). The fraction of sp³-hybridized carbons (Fsp3) is 0.182. The molecule has 0 unspecified atom stereocenters. The summed E-state index contributed by atoms with van der Waals surface area (Å²) in [5, 5.41) is 4.04. The number of nitrogens with one attached hydrogen (secondary N) is 1. The molecule has 80 valence electrons. The van der Waals surface area contributed by atoms with Crippen molar-refractivity contribution < 1.29 is 0 Å². The quantitative estimate of drug-likeness (QED) is 0.702. The fourth-order valence-electron chi connectivity index (χ4n) is 1.72. The molecule has 5 nitrogen and oxygen atoms in total. The van der Waals surface area contributed by atoms with Crippen LogP contribution in [0.25, 0.3) is 11.0 Å². The van der Waals surface area contributed by atoms with Crippen molar-refractivity contribution in [2.24, 2.45) is 0 Å². The molecule has 0 amide bonds. The predicted molar refractivity (Wildman–Crippen MR) is 60.0 cm³/mol. The third-order valence-corrected chi connectivity index (χ3v) is 2.46. The highest BCUT2D eigenvalue weighted by atomic mass is 15.3. The molecule has 3 aromatic rings. The van der Waals surface area contributed by atoms with Crippen LogP contribution in [0, 0.1) is 6.92 Å². The molecule has 5 heteroatoms. The monoisotopic (exact) mass is 213 g/mol. The van der Waals surface area contributed by atoms with Gasteiger partial charge in [0.2, 0.25) is 0 Å². The van der Waals surface area contributed by atoms with Crippen LogP contribution < -0.4 is 0 Å². The number of imidazole rings is 1. The number of hydrogen-bond donors (Lipinski definition) is 1. The predicted octanol–water partition coefficient (Wildman–Crippen LogP) is 1.51. The largest absolute Gasteiger partial charge is 0.340 e. The van der Waals surface area contributed by atoms with Gasteiger partial charge in [-0.15, -0.1) is 0 Å². The Morgan fingerprint density at radius 3 is 3.12 bits per heavy atom. The summed E-state index contributed by atoms with van der Waals surface area (Å²) in [7, 11) is 0. The molecule has 1 N–H and O–H groups in total. The lowest BCUT2D eigenvalue weighted by Crippen LogP contribution is -2.01. The first kappa shape index (κ1) is 9.08. The van der Waals surface area contributed by atoms with Gasteiger partial charge in [0, 0.05) is 0 Å². The number of rotatable bonds is 2. The summed E-state index contributed by atoms with van der Waals surface area (Å²) >= 11 is 0. The minimum atomic E-state index is 0.619. The Morgan fingerprint density at radius 1 is 1.38 bits per heavy atom. The van der Waals surface area contributed by atoms with E-state index in [0.717, 1.165) is 16.9 Å². The number of H-pyrrole nitrogens is 1. The van der Waals surface area contributed by atoms with Gasteiger partial charge in [0.15, 0.2) is 0 Å². The van der Waals surface area contributed by atoms with E-state index in [1.165, 1.54) is 11.9 Å². The number of hydrogen-bond acceptors (Lipinski definition) is 3. The van der Waals surface area contributed by atoms with Gasteiger partial charge in [0.25, 0.3) is 0 Å². The van der Waals surface area contributed by atoms with E-state index < -0.39 is 0 Å². The van der Waals surface area contributed by atoms with Crippen LogP contribution in [0.5, 0.6) is 0 Å². The van der Waals surface area contributed by atoms with Crippen molar-refractivity contribution >= 4 is 11.0 Å². The molecule has 0 radical (unpaired) electrons. The van der Waals surface area contributed by atoms with Crippen LogP contribution in [0.15, 0.2) is 30.9 Å². The first-order chi connectivity index (χ1) is 7.81. The number of fused-ring (bicyclic) bond motifs is 1. The highest BCUT2D eigenvalue weighted by Gasteiger charge is 2.03. The van der Waals surface area contributed by atoms with Gasteiger partial charge in [-0.1, -0.05) is 6.07 Å². The second kappa shape index (κ2) is 3.44. The van der Waals surface area contributed by atoms with Gasteiger partial charge in [-0.05, 0) is 24.6 Å². The van der Waals surface area contributed by atoms with Gasteiger partial charge in [0.1, 0.15) is 25.0 Å². The lowest BCUT2D eigenvalue weighted by molar-refractivity contribution is 0.661. The maximum Gasteiger partial charge on any atom is 0.137 e. The fourth-order valence-corrected chi connectivity index (χ4v) is 1.72. The standard InChI is InChI=1S/C11H11N5/c1-8-2-3-9-10(4-8)15-11(14-9)5-16-7-12-6-13-16/h2-4,6-7H,5H2,1H3,(H,14,15). The molecular formula is C11H11N5. The average Bonchev–Trinajstić information content (AvgIpc) is 2.86. The Bertz CT molecular complexity index is 608. The van der Waals surface area contributed by atoms with Crippen LogP contribution in [0.3, 0.4) is 0 Å². The summed E-state index contributed by atoms with van der Waals surface area (Å²) in [4.78, 5) is 11.7. The molecular weight excluding hydrogens is 202 g/mol. The summed E-state index contributed by atoms with van der Waals surface area (Å²) < 4.78 is 1.74. The Morgan fingerprint density at radius 2 is 2.31 bits per heavy atom. The maximum absolute atomic E-state index is 4.48. The second-order valence-electron chi connectivity index (χ2n) is 3.80. The Balaban J connectivity index is 1.99. The molecule has 2 heterocycles. The van der Waals surface area contributed by atoms with Crippen LogP contribution in [0.4, 0.5) is 0 Å². The Labute approximate surface area is 92.2 Å². The molecule has 0 fully saturated rings. The first-order valence-corrected chi connectivity index (χ1v) is 5.09. The number of aryl methyl sites for hydroxylation is 1. The van der Waals surface area contributed by atoms with Gasteiger partial charge in [-0.2, -0.15) is 5.10 Å². The summed E-state index contributed by atoms with van der Waals surface area (Å²) in [6.45, 7) is 2.69. The Kier molecular flexibility index (Phi) is 1.96. The zero-order valence-corrected chi connectivity index (χ0v) is 8.88. The van der Waals surface area contributed by atoms with Crippen molar-refractivity contribution in [1.29, 1.82) is 0 Å². The van der Waals surface area contributed by atoms with Crippen LogP contribution in [-0.4, -0.2) is 24.7 Å². The zero-order valence-electron chi connectivity index (χ0n) is 8.88. The van der Waals surface area contributed by atoms with E-state index in [1.54, 1.807) is 11.0 Å². The lowest BCUT2D eigenvalue weighted by atomic mass is 10.2. The molecule has 0 atom stereocenters. The van der Waals surface area contributed by atoms with E-state index in [4.69, 9.17) is 0 Å². The molecule has 2 aromatic heterocycles. The SMILES string of the molecule is Cc1ccc2nc(Cn3cncn3)[nH]c2c1. The lowest BCUT2D eigenvalue weighted by Gasteiger charge is -1.94. The van der Waals surface area contributed by atoms with Crippen molar-refractivity contribution in [1.82, 2.24) is 24.7 Å². The summed E-state index contributed by atoms with van der Waals surface area (Å²) in [6.07, 6.45) is 3.20. The van der Waals surface area contributed by atoms with Crippen molar-refractivity contribution in [3.63, 3.8) is 0 Å². The van der Waals surface area contributed by atoms with Gasteiger partial charge in [0.05, 0.1) is 11.0 Å². The molecule has 0 aliphatic rings. The van der Waals surface area contributed by atoms with Crippen molar-refractivity contribution in [3.8, 4) is 0 Å². The normalized spacial score (nSPS) is 11.1. The van der Waals surface area contributed by atoms with E-state index in [1.807, 2.05) is 6.07 Å². The van der Waals surface area contributed by atoms with Crippen molar-refractivity contribution in [3.05, 3.63) is 42.2 Å². The van der Waals surface area contributed by atoms with E-state index >= 15 is 0 Å². The maximum atomic E-state index is 4.48.